The molecule has 1 aromatic carbocycles. The van der Waals surface area contributed by atoms with Gasteiger partial charge in [0.05, 0.1) is 0 Å². The first-order valence-corrected chi connectivity index (χ1v) is 6.92. The van der Waals surface area contributed by atoms with Gasteiger partial charge in [-0.1, -0.05) is 6.07 Å². The Kier molecular flexibility index (Phi) is 3.59. The van der Waals surface area contributed by atoms with E-state index in [1.165, 1.54) is 18.3 Å². The Morgan fingerprint density at radius 1 is 1.26 bits per heavy atom. The maximum atomic E-state index is 12.3. The van der Waals surface area contributed by atoms with E-state index in [9.17, 15) is 9.59 Å². The van der Waals surface area contributed by atoms with Crippen LogP contribution in [0.15, 0.2) is 36.5 Å². The van der Waals surface area contributed by atoms with Crippen LogP contribution >= 0.6 is 0 Å². The second kappa shape index (κ2) is 6.51. The molecule has 2 rings (SSSR count). The molecule has 0 saturated carbocycles. The highest BCUT2D eigenvalue weighted by Gasteiger charge is 2.16. The SMILES string of the molecule is [2H]C([2H])([2H])n1ccc(NC(=O)c2cccc(NC(=O)OC(C)(C)C)c2)n1. The number of rotatable bonds is 3. The molecular weight excluding hydrogens is 296 g/mol. The third-order valence-electron chi connectivity index (χ3n) is 2.60. The van der Waals surface area contributed by atoms with Gasteiger partial charge in [0.2, 0.25) is 0 Å². The van der Waals surface area contributed by atoms with E-state index in [-0.39, 0.29) is 11.4 Å². The van der Waals surface area contributed by atoms with Crippen LogP contribution in [0.2, 0.25) is 0 Å². The average molecular weight is 319 g/mol. The summed E-state index contributed by atoms with van der Waals surface area (Å²) in [4.78, 5) is 24.1. The van der Waals surface area contributed by atoms with E-state index < -0.39 is 24.6 Å². The lowest BCUT2D eigenvalue weighted by molar-refractivity contribution is 0.0635. The van der Waals surface area contributed by atoms with Gasteiger partial charge in [-0.3, -0.25) is 14.8 Å². The molecule has 1 heterocycles. The molecule has 0 spiro atoms. The zero-order valence-corrected chi connectivity index (χ0v) is 13.1. The van der Waals surface area contributed by atoms with Crippen molar-refractivity contribution in [2.75, 3.05) is 10.6 Å². The molecule has 0 fully saturated rings. The quantitative estimate of drug-likeness (QED) is 0.910. The standard InChI is InChI=1S/C16H20N4O3/c1-16(2,3)23-15(22)17-12-7-5-6-11(10-12)14(21)18-13-8-9-20(4)19-13/h5-10H,1-4H3,(H,17,22)(H,18,19,21)/i4D3. The molecule has 7 heteroatoms. The highest BCUT2D eigenvalue weighted by molar-refractivity contribution is 6.04. The third-order valence-corrected chi connectivity index (χ3v) is 2.60. The van der Waals surface area contributed by atoms with Crippen molar-refractivity contribution in [1.82, 2.24) is 9.78 Å². The zero-order valence-electron chi connectivity index (χ0n) is 16.1. The molecule has 2 N–H and O–H groups in total. The predicted molar refractivity (Wildman–Crippen MR) is 87.5 cm³/mol. The van der Waals surface area contributed by atoms with E-state index in [2.05, 4.69) is 15.7 Å². The molecule has 1 aromatic heterocycles. The van der Waals surface area contributed by atoms with Gasteiger partial charge in [0.1, 0.15) is 5.60 Å². The number of carbonyl (C=O) groups is 2. The van der Waals surface area contributed by atoms with Crippen LogP contribution in [0.25, 0.3) is 0 Å². The molecule has 0 aliphatic heterocycles. The normalized spacial score (nSPS) is 13.4. The maximum Gasteiger partial charge on any atom is 0.412 e. The van der Waals surface area contributed by atoms with Gasteiger partial charge in [-0.2, -0.15) is 5.10 Å². The molecule has 2 aromatic rings. The molecule has 122 valence electrons. The number of aromatic nitrogens is 2. The molecule has 0 unspecified atom stereocenters. The smallest absolute Gasteiger partial charge is 0.412 e. The highest BCUT2D eigenvalue weighted by atomic mass is 16.6. The lowest BCUT2D eigenvalue weighted by Crippen LogP contribution is -2.27. The number of amides is 2. The van der Waals surface area contributed by atoms with Crippen LogP contribution in [0, 0.1) is 0 Å². The molecule has 0 atom stereocenters. The fourth-order valence-corrected chi connectivity index (χ4v) is 1.74. The Morgan fingerprint density at radius 3 is 2.70 bits per heavy atom. The summed E-state index contributed by atoms with van der Waals surface area (Å²) in [6.45, 7) is 2.82. The number of hydrogen-bond acceptors (Lipinski definition) is 4. The van der Waals surface area contributed by atoms with Crippen LogP contribution in [0.1, 0.15) is 35.2 Å². The van der Waals surface area contributed by atoms with Crippen molar-refractivity contribution in [3.05, 3.63) is 42.1 Å². The van der Waals surface area contributed by atoms with Gasteiger partial charge < -0.3 is 10.1 Å². The lowest BCUT2D eigenvalue weighted by Gasteiger charge is -2.19. The Bertz CT molecular complexity index is 810. The average Bonchev–Trinajstić information content (AvgIpc) is 2.94. The number of aryl methyl sites for hydroxylation is 1. The monoisotopic (exact) mass is 319 g/mol. The number of anilines is 2. The van der Waals surface area contributed by atoms with Crippen LogP contribution in [0.5, 0.6) is 0 Å². The van der Waals surface area contributed by atoms with Crippen LogP contribution in [-0.4, -0.2) is 27.4 Å². The Morgan fingerprint density at radius 2 is 2.04 bits per heavy atom. The fraction of sp³-hybridized carbons (Fsp3) is 0.312. The van der Waals surface area contributed by atoms with Crippen molar-refractivity contribution >= 4 is 23.5 Å². The molecule has 0 radical (unpaired) electrons. The van der Waals surface area contributed by atoms with Crippen molar-refractivity contribution in [2.45, 2.75) is 26.4 Å². The summed E-state index contributed by atoms with van der Waals surface area (Å²) in [7, 11) is 0. The van der Waals surface area contributed by atoms with Crippen molar-refractivity contribution in [3.63, 3.8) is 0 Å². The largest absolute Gasteiger partial charge is 0.444 e. The van der Waals surface area contributed by atoms with Gasteiger partial charge in [0.15, 0.2) is 5.82 Å². The number of carbonyl (C=O) groups excluding carboxylic acids is 2. The molecule has 0 aliphatic carbocycles. The van der Waals surface area contributed by atoms with E-state index in [0.717, 1.165) is 4.68 Å². The van der Waals surface area contributed by atoms with Gasteiger partial charge in [0, 0.05) is 34.6 Å². The number of hydrogen-bond donors (Lipinski definition) is 2. The first kappa shape index (κ1) is 12.7. The minimum atomic E-state index is -2.42. The van der Waals surface area contributed by atoms with Crippen molar-refractivity contribution < 1.29 is 18.4 Å². The van der Waals surface area contributed by atoms with Gasteiger partial charge in [0.25, 0.3) is 5.91 Å². The van der Waals surface area contributed by atoms with Crippen LogP contribution in [0.4, 0.5) is 16.3 Å². The van der Waals surface area contributed by atoms with Gasteiger partial charge in [-0.25, -0.2) is 4.79 Å². The summed E-state index contributed by atoms with van der Waals surface area (Å²) >= 11 is 0. The van der Waals surface area contributed by atoms with Gasteiger partial charge in [-0.15, -0.1) is 0 Å². The fourth-order valence-electron chi connectivity index (χ4n) is 1.74. The summed E-state index contributed by atoms with van der Waals surface area (Å²) in [5.41, 5.74) is 0.0163. The summed E-state index contributed by atoms with van der Waals surface area (Å²) < 4.78 is 27.7. The molecule has 0 aliphatic rings. The third kappa shape index (κ3) is 5.14. The predicted octanol–water partition coefficient (Wildman–Crippen LogP) is 3.02. The maximum absolute atomic E-state index is 12.3. The highest BCUT2D eigenvalue weighted by Crippen LogP contribution is 2.15. The van der Waals surface area contributed by atoms with Crippen LogP contribution < -0.4 is 10.6 Å². The minimum absolute atomic E-state index is 0.108. The van der Waals surface area contributed by atoms with Crippen molar-refractivity contribution in [3.8, 4) is 0 Å². The number of benzene rings is 1. The van der Waals surface area contributed by atoms with Crippen molar-refractivity contribution in [2.24, 2.45) is 6.98 Å². The lowest BCUT2D eigenvalue weighted by atomic mass is 10.2. The summed E-state index contributed by atoms with van der Waals surface area (Å²) in [5.74, 6) is -0.384. The summed E-state index contributed by atoms with van der Waals surface area (Å²) in [5, 5.41) is 8.84. The van der Waals surface area contributed by atoms with Crippen molar-refractivity contribution in [1.29, 1.82) is 0 Å². The zero-order chi connectivity index (χ0) is 19.5. The Balaban J connectivity index is 2.06. The number of ether oxygens (including phenoxy) is 1. The molecule has 7 nitrogen and oxygen atoms in total. The van der Waals surface area contributed by atoms with E-state index >= 15 is 0 Å². The minimum Gasteiger partial charge on any atom is -0.444 e. The van der Waals surface area contributed by atoms with E-state index in [1.807, 2.05) is 0 Å². The molecule has 0 bridgehead atoms. The molecular formula is C16H20N4O3. The van der Waals surface area contributed by atoms with E-state index in [0.29, 0.717) is 5.69 Å². The number of nitrogens with one attached hydrogen (secondary N) is 2. The van der Waals surface area contributed by atoms with E-state index in [1.54, 1.807) is 39.0 Å². The van der Waals surface area contributed by atoms with Gasteiger partial charge in [-0.05, 0) is 39.0 Å². The first-order valence-electron chi connectivity index (χ1n) is 8.42. The first-order chi connectivity index (χ1) is 11.9. The number of nitrogens with zero attached hydrogens (tertiary/aromatic N) is 2. The van der Waals surface area contributed by atoms with Gasteiger partial charge >= 0.3 is 6.09 Å². The molecule has 0 saturated heterocycles. The molecule has 23 heavy (non-hydrogen) atoms. The topological polar surface area (TPSA) is 85.2 Å². The Hall–Kier alpha value is -2.83. The van der Waals surface area contributed by atoms with E-state index in [4.69, 9.17) is 8.85 Å². The second-order valence-corrected chi connectivity index (χ2v) is 5.81. The van der Waals surface area contributed by atoms with Crippen LogP contribution in [-0.2, 0) is 11.7 Å². The van der Waals surface area contributed by atoms with Crippen LogP contribution in [0.3, 0.4) is 0 Å². The molecule has 2 amide bonds. The Labute approximate surface area is 138 Å². The second-order valence-electron chi connectivity index (χ2n) is 5.81. The summed E-state index contributed by atoms with van der Waals surface area (Å²) in [6.07, 6.45) is 0.620. The summed E-state index contributed by atoms with van der Waals surface area (Å²) in [6, 6.07) is 7.62.